The van der Waals surface area contributed by atoms with Crippen molar-refractivity contribution in [1.82, 2.24) is 10.3 Å². The molecule has 0 aliphatic rings. The van der Waals surface area contributed by atoms with Crippen molar-refractivity contribution in [2.24, 2.45) is 0 Å². The summed E-state index contributed by atoms with van der Waals surface area (Å²) < 4.78 is 22.1. The van der Waals surface area contributed by atoms with Gasteiger partial charge in [-0.15, -0.1) is 0 Å². The van der Waals surface area contributed by atoms with Gasteiger partial charge in [0.1, 0.15) is 6.61 Å². The number of nitrogens with one attached hydrogen (secondary N) is 1. The number of carbonyl (C=O) groups excluding carboxylic acids is 1. The van der Waals surface area contributed by atoms with Crippen LogP contribution in [0.15, 0.2) is 60.9 Å². The number of hydrogen-bond acceptors (Lipinski definition) is 6. The number of carbonyl (C=O) groups is 1. The van der Waals surface area contributed by atoms with Gasteiger partial charge < -0.3 is 24.3 Å². The van der Waals surface area contributed by atoms with Gasteiger partial charge in [-0.1, -0.05) is 12.1 Å². The van der Waals surface area contributed by atoms with Crippen molar-refractivity contribution in [2.45, 2.75) is 20.1 Å². The molecule has 1 amide bonds. The SMILES string of the molecule is CCOc1cc(C(=O)NCc2ccc(OC)c(OC)c2)ccc1OCc1cccnc1. The molecule has 0 aliphatic carbocycles. The molecule has 0 fully saturated rings. The van der Waals surface area contributed by atoms with E-state index in [1.165, 1.54) is 0 Å². The van der Waals surface area contributed by atoms with Crippen LogP contribution in [0.1, 0.15) is 28.4 Å². The van der Waals surface area contributed by atoms with Crippen molar-refractivity contribution < 1.29 is 23.7 Å². The minimum absolute atomic E-state index is 0.213. The topological polar surface area (TPSA) is 78.9 Å². The molecule has 0 atom stereocenters. The molecule has 0 radical (unpaired) electrons. The standard InChI is InChI=1S/C24H26N2O5/c1-4-30-23-13-19(8-10-21(23)31-16-18-6-5-11-25-14-18)24(27)26-15-17-7-9-20(28-2)22(12-17)29-3/h5-14H,4,15-16H2,1-3H3,(H,26,27). The van der Waals surface area contributed by atoms with Gasteiger partial charge in [-0.05, 0) is 48.9 Å². The van der Waals surface area contributed by atoms with Crippen molar-refractivity contribution in [3.63, 3.8) is 0 Å². The quantitative estimate of drug-likeness (QED) is 0.532. The number of benzene rings is 2. The zero-order valence-corrected chi connectivity index (χ0v) is 17.9. The van der Waals surface area contributed by atoms with E-state index < -0.39 is 0 Å². The Hall–Kier alpha value is -3.74. The number of nitrogens with zero attached hydrogens (tertiary/aromatic N) is 1. The first-order valence-corrected chi connectivity index (χ1v) is 9.92. The maximum absolute atomic E-state index is 12.7. The number of pyridine rings is 1. The zero-order chi connectivity index (χ0) is 22.1. The Morgan fingerprint density at radius 3 is 2.42 bits per heavy atom. The Morgan fingerprint density at radius 2 is 1.71 bits per heavy atom. The third-order valence-electron chi connectivity index (χ3n) is 4.52. The summed E-state index contributed by atoms with van der Waals surface area (Å²) in [5.41, 5.74) is 2.33. The van der Waals surface area contributed by atoms with Crippen molar-refractivity contribution in [2.75, 3.05) is 20.8 Å². The zero-order valence-electron chi connectivity index (χ0n) is 17.9. The van der Waals surface area contributed by atoms with Gasteiger partial charge in [-0.3, -0.25) is 9.78 Å². The van der Waals surface area contributed by atoms with E-state index >= 15 is 0 Å². The van der Waals surface area contributed by atoms with E-state index in [4.69, 9.17) is 18.9 Å². The number of hydrogen-bond donors (Lipinski definition) is 1. The predicted octanol–water partition coefficient (Wildman–Crippen LogP) is 4.01. The summed E-state index contributed by atoms with van der Waals surface area (Å²) in [6.07, 6.45) is 3.46. The lowest BCUT2D eigenvalue weighted by molar-refractivity contribution is 0.0950. The summed E-state index contributed by atoms with van der Waals surface area (Å²) >= 11 is 0. The van der Waals surface area contributed by atoms with E-state index in [1.54, 1.807) is 44.8 Å². The molecule has 7 nitrogen and oxygen atoms in total. The van der Waals surface area contributed by atoms with Gasteiger partial charge in [0, 0.05) is 30.1 Å². The third kappa shape index (κ3) is 5.88. The highest BCUT2D eigenvalue weighted by Crippen LogP contribution is 2.30. The van der Waals surface area contributed by atoms with Crippen LogP contribution in [0.4, 0.5) is 0 Å². The van der Waals surface area contributed by atoms with Crippen LogP contribution in [-0.2, 0) is 13.2 Å². The first-order chi connectivity index (χ1) is 15.1. The fourth-order valence-corrected chi connectivity index (χ4v) is 2.96. The van der Waals surface area contributed by atoms with Crippen LogP contribution < -0.4 is 24.3 Å². The second-order valence-electron chi connectivity index (χ2n) is 6.62. The molecule has 0 spiro atoms. The lowest BCUT2D eigenvalue weighted by Gasteiger charge is -2.14. The van der Waals surface area contributed by atoms with Gasteiger partial charge in [0.25, 0.3) is 5.91 Å². The normalized spacial score (nSPS) is 10.3. The second kappa shape index (κ2) is 10.9. The lowest BCUT2D eigenvalue weighted by atomic mass is 10.1. The van der Waals surface area contributed by atoms with Crippen molar-refractivity contribution >= 4 is 5.91 Å². The molecule has 0 unspecified atom stereocenters. The fourth-order valence-electron chi connectivity index (χ4n) is 2.96. The largest absolute Gasteiger partial charge is 0.493 e. The summed E-state index contributed by atoms with van der Waals surface area (Å²) in [4.78, 5) is 16.8. The second-order valence-corrected chi connectivity index (χ2v) is 6.62. The number of amides is 1. The molecule has 0 bridgehead atoms. The maximum atomic E-state index is 12.7. The van der Waals surface area contributed by atoms with Gasteiger partial charge in [0.15, 0.2) is 23.0 Å². The van der Waals surface area contributed by atoms with Crippen LogP contribution in [0.25, 0.3) is 0 Å². The smallest absolute Gasteiger partial charge is 0.251 e. The number of aromatic nitrogens is 1. The van der Waals surface area contributed by atoms with Crippen molar-refractivity contribution in [1.29, 1.82) is 0 Å². The minimum atomic E-state index is -0.213. The first kappa shape index (κ1) is 22.0. The maximum Gasteiger partial charge on any atom is 0.251 e. The summed E-state index contributed by atoms with van der Waals surface area (Å²) in [6, 6.07) is 14.5. The molecular formula is C24H26N2O5. The van der Waals surface area contributed by atoms with E-state index in [1.807, 2.05) is 37.3 Å². The molecule has 3 aromatic rings. The molecular weight excluding hydrogens is 396 g/mol. The average molecular weight is 422 g/mol. The van der Waals surface area contributed by atoms with Gasteiger partial charge in [0.05, 0.1) is 20.8 Å². The van der Waals surface area contributed by atoms with Crippen molar-refractivity contribution in [3.8, 4) is 23.0 Å². The van der Waals surface area contributed by atoms with E-state index in [0.717, 1.165) is 11.1 Å². The summed E-state index contributed by atoms with van der Waals surface area (Å²) in [6.45, 7) is 3.05. The third-order valence-corrected chi connectivity index (χ3v) is 4.52. The van der Waals surface area contributed by atoms with Gasteiger partial charge in [0.2, 0.25) is 0 Å². The van der Waals surface area contributed by atoms with Crippen LogP contribution in [0, 0.1) is 0 Å². The fraction of sp³-hybridized carbons (Fsp3) is 0.250. The van der Waals surface area contributed by atoms with E-state index in [0.29, 0.717) is 48.3 Å². The monoisotopic (exact) mass is 422 g/mol. The highest BCUT2D eigenvalue weighted by molar-refractivity contribution is 5.94. The van der Waals surface area contributed by atoms with Crippen LogP contribution in [0.3, 0.4) is 0 Å². The Labute approximate surface area is 181 Å². The Bertz CT molecular complexity index is 1010. The van der Waals surface area contributed by atoms with E-state index in [9.17, 15) is 4.79 Å². The molecule has 31 heavy (non-hydrogen) atoms. The van der Waals surface area contributed by atoms with Crippen LogP contribution in [-0.4, -0.2) is 31.7 Å². The molecule has 1 N–H and O–H groups in total. The van der Waals surface area contributed by atoms with Gasteiger partial charge in [-0.2, -0.15) is 0 Å². The number of ether oxygens (including phenoxy) is 4. The molecule has 0 saturated heterocycles. The van der Waals surface area contributed by atoms with Crippen LogP contribution >= 0.6 is 0 Å². The van der Waals surface area contributed by atoms with Gasteiger partial charge >= 0.3 is 0 Å². The molecule has 1 heterocycles. The molecule has 7 heteroatoms. The van der Waals surface area contributed by atoms with E-state index in [-0.39, 0.29) is 5.91 Å². The Morgan fingerprint density at radius 1 is 0.903 bits per heavy atom. The summed E-state index contributed by atoms with van der Waals surface area (Å²) in [5.74, 6) is 2.13. The molecule has 0 aliphatic heterocycles. The van der Waals surface area contributed by atoms with Crippen LogP contribution in [0.2, 0.25) is 0 Å². The molecule has 162 valence electrons. The van der Waals surface area contributed by atoms with E-state index in [2.05, 4.69) is 10.3 Å². The first-order valence-electron chi connectivity index (χ1n) is 9.92. The number of methoxy groups -OCH3 is 2. The number of rotatable bonds is 10. The predicted molar refractivity (Wildman–Crippen MR) is 117 cm³/mol. The Balaban J connectivity index is 1.67. The highest BCUT2D eigenvalue weighted by atomic mass is 16.5. The molecule has 3 rings (SSSR count). The summed E-state index contributed by atoms with van der Waals surface area (Å²) in [5, 5.41) is 2.91. The molecule has 0 saturated carbocycles. The lowest BCUT2D eigenvalue weighted by Crippen LogP contribution is -2.22. The highest BCUT2D eigenvalue weighted by Gasteiger charge is 2.13. The van der Waals surface area contributed by atoms with Crippen LogP contribution in [0.5, 0.6) is 23.0 Å². The summed E-state index contributed by atoms with van der Waals surface area (Å²) in [7, 11) is 3.16. The molecule has 1 aromatic heterocycles. The minimum Gasteiger partial charge on any atom is -0.493 e. The molecule has 2 aromatic carbocycles. The van der Waals surface area contributed by atoms with Gasteiger partial charge in [-0.25, -0.2) is 0 Å². The average Bonchev–Trinajstić information content (AvgIpc) is 2.82. The Kier molecular flexibility index (Phi) is 7.70. The van der Waals surface area contributed by atoms with Crippen molar-refractivity contribution in [3.05, 3.63) is 77.6 Å².